The van der Waals surface area contributed by atoms with Gasteiger partial charge in [0.2, 0.25) is 0 Å². The molecule has 0 aromatic rings. The summed E-state index contributed by atoms with van der Waals surface area (Å²) in [6.45, 7) is 6.04. The van der Waals surface area contributed by atoms with E-state index in [0.717, 1.165) is 31.2 Å². The number of rotatable bonds is 2. The van der Waals surface area contributed by atoms with E-state index in [1.807, 2.05) is 0 Å². The summed E-state index contributed by atoms with van der Waals surface area (Å²) >= 11 is 0. The summed E-state index contributed by atoms with van der Waals surface area (Å²) in [4.78, 5) is 5.06. The maximum Gasteiger partial charge on any atom is 0.0703 e. The van der Waals surface area contributed by atoms with E-state index in [2.05, 4.69) is 22.9 Å². The van der Waals surface area contributed by atoms with Gasteiger partial charge in [-0.3, -0.25) is 0 Å². The topological polar surface area (TPSA) is 30.3 Å². The molecule has 3 heteroatoms. The lowest BCUT2D eigenvalue weighted by molar-refractivity contribution is 0.162. The van der Waals surface area contributed by atoms with Crippen LogP contribution in [-0.2, 0) is 0 Å². The van der Waals surface area contributed by atoms with Crippen molar-refractivity contribution < 1.29 is 0 Å². The van der Waals surface area contributed by atoms with Gasteiger partial charge in [0.1, 0.15) is 0 Å². The predicted octanol–water partition coefficient (Wildman–Crippen LogP) is 1.95. The predicted molar refractivity (Wildman–Crippen MR) is 72.0 cm³/mol. The molecule has 3 nitrogen and oxygen atoms in total. The lowest BCUT2D eigenvalue weighted by Crippen LogP contribution is -2.38. The Kier molecular flexibility index (Phi) is 3.34. The largest absolute Gasteiger partial charge is 0.306 e. The minimum atomic E-state index is -0.0111. The van der Waals surface area contributed by atoms with Gasteiger partial charge < -0.3 is 9.80 Å². The minimum absolute atomic E-state index is 0.0111. The molecule has 0 spiro atoms. The molecule has 2 heterocycles. The second-order valence-electron chi connectivity index (χ2n) is 6.89. The summed E-state index contributed by atoms with van der Waals surface area (Å²) < 4.78 is 0. The van der Waals surface area contributed by atoms with Gasteiger partial charge in [0, 0.05) is 32.7 Å². The Morgan fingerprint density at radius 2 is 1.67 bits per heavy atom. The van der Waals surface area contributed by atoms with Crippen molar-refractivity contribution in [2.45, 2.75) is 32.1 Å². The Labute approximate surface area is 111 Å². The molecule has 3 fully saturated rings. The van der Waals surface area contributed by atoms with E-state index in [1.165, 1.54) is 45.4 Å². The fourth-order valence-electron chi connectivity index (χ4n) is 4.42. The lowest BCUT2D eigenvalue weighted by Gasteiger charge is -2.34. The monoisotopic (exact) mass is 247 g/mol. The molecule has 2 atom stereocenters. The van der Waals surface area contributed by atoms with E-state index < -0.39 is 0 Å². The molecule has 2 aliphatic heterocycles. The molecular formula is C15H25N3. The van der Waals surface area contributed by atoms with Crippen molar-refractivity contribution in [3.05, 3.63) is 0 Å². The van der Waals surface area contributed by atoms with Gasteiger partial charge in [0.05, 0.1) is 11.5 Å². The van der Waals surface area contributed by atoms with Gasteiger partial charge >= 0.3 is 0 Å². The molecular weight excluding hydrogens is 222 g/mol. The molecule has 0 bridgehead atoms. The minimum Gasteiger partial charge on any atom is -0.306 e. The molecule has 3 aliphatic rings. The fourth-order valence-corrected chi connectivity index (χ4v) is 4.42. The van der Waals surface area contributed by atoms with Gasteiger partial charge in [-0.1, -0.05) is 19.3 Å². The highest BCUT2D eigenvalue weighted by atomic mass is 15.2. The Hall–Kier alpha value is -0.590. The van der Waals surface area contributed by atoms with Crippen LogP contribution in [0.3, 0.4) is 0 Å². The second kappa shape index (κ2) is 4.83. The zero-order valence-electron chi connectivity index (χ0n) is 11.6. The zero-order valence-corrected chi connectivity index (χ0v) is 11.6. The Balaban J connectivity index is 1.59. The number of fused-ring (bicyclic) bond motifs is 1. The third kappa shape index (κ3) is 2.29. The van der Waals surface area contributed by atoms with Crippen LogP contribution in [0.25, 0.3) is 0 Å². The van der Waals surface area contributed by atoms with Gasteiger partial charge in [-0.2, -0.15) is 5.26 Å². The maximum absolute atomic E-state index is 9.56. The van der Waals surface area contributed by atoms with E-state index >= 15 is 0 Å². The molecule has 0 aromatic carbocycles. The molecule has 0 aromatic heterocycles. The van der Waals surface area contributed by atoms with Crippen LogP contribution in [0.4, 0.5) is 0 Å². The summed E-state index contributed by atoms with van der Waals surface area (Å²) in [7, 11) is 2.24. The summed E-state index contributed by atoms with van der Waals surface area (Å²) in [6.07, 6.45) is 6.12. The van der Waals surface area contributed by atoms with Gasteiger partial charge in [-0.15, -0.1) is 0 Å². The van der Waals surface area contributed by atoms with Gasteiger partial charge in [0.25, 0.3) is 0 Å². The first kappa shape index (κ1) is 12.4. The molecule has 2 saturated heterocycles. The summed E-state index contributed by atoms with van der Waals surface area (Å²) in [6, 6.07) is 2.67. The van der Waals surface area contributed by atoms with Crippen molar-refractivity contribution in [2.75, 3.05) is 39.8 Å². The number of likely N-dealkylation sites (tertiary alicyclic amines) is 2. The third-order valence-corrected chi connectivity index (χ3v) is 5.32. The highest BCUT2D eigenvalue weighted by molar-refractivity contribution is 5.04. The van der Waals surface area contributed by atoms with E-state index in [1.54, 1.807) is 0 Å². The molecule has 0 unspecified atom stereocenters. The third-order valence-electron chi connectivity index (χ3n) is 5.32. The average molecular weight is 247 g/mol. The Morgan fingerprint density at radius 1 is 1.06 bits per heavy atom. The lowest BCUT2D eigenvalue weighted by atomic mass is 9.75. The fraction of sp³-hybridized carbons (Fsp3) is 0.933. The first-order chi connectivity index (χ1) is 8.71. The maximum atomic E-state index is 9.56. The Bertz CT molecular complexity index is 326. The first-order valence-corrected chi connectivity index (χ1v) is 7.53. The van der Waals surface area contributed by atoms with Crippen LogP contribution in [0.1, 0.15) is 32.1 Å². The van der Waals surface area contributed by atoms with E-state index in [-0.39, 0.29) is 5.41 Å². The molecule has 3 rings (SSSR count). The average Bonchev–Trinajstić information content (AvgIpc) is 2.86. The molecule has 0 N–H and O–H groups in total. The van der Waals surface area contributed by atoms with Gasteiger partial charge in [-0.05, 0) is 31.7 Å². The van der Waals surface area contributed by atoms with Crippen molar-refractivity contribution in [2.24, 2.45) is 17.3 Å². The number of hydrogen-bond acceptors (Lipinski definition) is 3. The van der Waals surface area contributed by atoms with Gasteiger partial charge in [-0.25, -0.2) is 0 Å². The summed E-state index contributed by atoms with van der Waals surface area (Å²) in [5, 5.41) is 9.56. The number of hydrogen-bond donors (Lipinski definition) is 0. The Morgan fingerprint density at radius 3 is 2.22 bits per heavy atom. The molecule has 0 radical (unpaired) electrons. The molecule has 100 valence electrons. The van der Waals surface area contributed by atoms with Crippen LogP contribution < -0.4 is 0 Å². The molecule has 0 amide bonds. The molecule has 18 heavy (non-hydrogen) atoms. The number of nitrogens with zero attached hydrogens (tertiary/aromatic N) is 3. The highest BCUT2D eigenvalue weighted by Gasteiger charge is 2.42. The van der Waals surface area contributed by atoms with Crippen molar-refractivity contribution in [1.29, 1.82) is 5.26 Å². The SMILES string of the molecule is CN1C[C@@H]2CN(CC3(C#N)CCCCC3)C[C@@H]2C1. The van der Waals surface area contributed by atoms with Crippen LogP contribution in [0.2, 0.25) is 0 Å². The van der Waals surface area contributed by atoms with Crippen LogP contribution in [-0.4, -0.2) is 49.6 Å². The summed E-state index contributed by atoms with van der Waals surface area (Å²) in [5.74, 6) is 1.74. The van der Waals surface area contributed by atoms with E-state index in [0.29, 0.717) is 0 Å². The normalized spacial score (nSPS) is 36.4. The van der Waals surface area contributed by atoms with Crippen LogP contribution in [0.5, 0.6) is 0 Å². The van der Waals surface area contributed by atoms with E-state index in [9.17, 15) is 5.26 Å². The van der Waals surface area contributed by atoms with E-state index in [4.69, 9.17) is 0 Å². The van der Waals surface area contributed by atoms with Crippen molar-refractivity contribution in [3.8, 4) is 6.07 Å². The van der Waals surface area contributed by atoms with Crippen LogP contribution in [0.15, 0.2) is 0 Å². The van der Waals surface area contributed by atoms with Crippen molar-refractivity contribution in [3.63, 3.8) is 0 Å². The standard InChI is InChI=1S/C15H25N3/c1-17-7-13-9-18(10-14(13)8-17)12-15(11-16)5-3-2-4-6-15/h13-14H,2-10,12H2,1H3/t13-,14+. The highest BCUT2D eigenvalue weighted by Crippen LogP contribution is 2.39. The smallest absolute Gasteiger partial charge is 0.0703 e. The second-order valence-corrected chi connectivity index (χ2v) is 6.89. The molecule has 1 saturated carbocycles. The van der Waals surface area contributed by atoms with Crippen LogP contribution in [0, 0.1) is 28.6 Å². The van der Waals surface area contributed by atoms with Crippen LogP contribution >= 0.6 is 0 Å². The quantitative estimate of drug-likeness (QED) is 0.747. The number of nitriles is 1. The first-order valence-electron chi connectivity index (χ1n) is 7.53. The van der Waals surface area contributed by atoms with Gasteiger partial charge in [0.15, 0.2) is 0 Å². The van der Waals surface area contributed by atoms with Crippen molar-refractivity contribution >= 4 is 0 Å². The van der Waals surface area contributed by atoms with Crippen molar-refractivity contribution in [1.82, 2.24) is 9.80 Å². The summed E-state index contributed by atoms with van der Waals surface area (Å²) in [5.41, 5.74) is -0.0111. The molecule has 1 aliphatic carbocycles. The zero-order chi connectivity index (χ0) is 12.6.